The summed E-state index contributed by atoms with van der Waals surface area (Å²) in [4.78, 5) is 24.7. The van der Waals surface area contributed by atoms with Gasteiger partial charge in [0, 0.05) is 50.0 Å². The molecule has 0 spiro atoms. The maximum atomic E-state index is 11.0. The summed E-state index contributed by atoms with van der Waals surface area (Å²) < 4.78 is 7.60. The predicted octanol–water partition coefficient (Wildman–Crippen LogP) is 1.29. The van der Waals surface area contributed by atoms with E-state index in [1.807, 2.05) is 6.07 Å². The highest BCUT2D eigenvalue weighted by molar-refractivity contribution is 5.65. The van der Waals surface area contributed by atoms with Crippen LogP contribution in [0.4, 0.5) is 10.7 Å². The van der Waals surface area contributed by atoms with Gasteiger partial charge in [-0.2, -0.15) is 0 Å². The monoisotopic (exact) mass is 355 g/mol. The molecule has 0 unspecified atom stereocenters. The maximum Gasteiger partial charge on any atom is 0.407 e. The van der Waals surface area contributed by atoms with E-state index in [-0.39, 0.29) is 12.1 Å². The molecular formula is C16H17N7O3. The van der Waals surface area contributed by atoms with Crippen LogP contribution in [0, 0.1) is 0 Å². The number of piperidine rings is 1. The number of fused-ring (bicyclic) bond motifs is 1. The lowest BCUT2D eigenvalue weighted by Crippen LogP contribution is -2.41. The highest BCUT2D eigenvalue weighted by Crippen LogP contribution is 2.22. The van der Waals surface area contributed by atoms with E-state index < -0.39 is 6.09 Å². The largest absolute Gasteiger partial charge is 0.473 e. The van der Waals surface area contributed by atoms with Crippen molar-refractivity contribution in [3.8, 4) is 17.1 Å². The van der Waals surface area contributed by atoms with E-state index >= 15 is 0 Å². The number of amides is 1. The number of hydrogen-bond donors (Lipinski definition) is 2. The van der Waals surface area contributed by atoms with Crippen molar-refractivity contribution in [1.29, 1.82) is 0 Å². The van der Waals surface area contributed by atoms with E-state index in [0.717, 1.165) is 11.3 Å². The van der Waals surface area contributed by atoms with Gasteiger partial charge in [0.15, 0.2) is 5.65 Å². The molecule has 26 heavy (non-hydrogen) atoms. The van der Waals surface area contributed by atoms with Crippen LogP contribution in [-0.2, 0) is 0 Å². The fourth-order valence-electron chi connectivity index (χ4n) is 2.92. The summed E-state index contributed by atoms with van der Waals surface area (Å²) >= 11 is 0. The minimum absolute atomic E-state index is 0.0672. The highest BCUT2D eigenvalue weighted by Gasteiger charge is 2.24. The first-order chi connectivity index (χ1) is 12.6. The van der Waals surface area contributed by atoms with Crippen molar-refractivity contribution < 1.29 is 14.6 Å². The van der Waals surface area contributed by atoms with Crippen molar-refractivity contribution in [1.82, 2.24) is 29.5 Å². The fraction of sp³-hybridized carbons (Fsp3) is 0.312. The van der Waals surface area contributed by atoms with E-state index in [0.29, 0.717) is 37.5 Å². The van der Waals surface area contributed by atoms with Gasteiger partial charge < -0.3 is 20.5 Å². The Morgan fingerprint density at radius 1 is 1.15 bits per heavy atom. The van der Waals surface area contributed by atoms with Crippen molar-refractivity contribution >= 4 is 17.7 Å². The Bertz CT molecular complexity index is 933. The van der Waals surface area contributed by atoms with Crippen LogP contribution in [0.5, 0.6) is 5.88 Å². The van der Waals surface area contributed by atoms with Crippen molar-refractivity contribution in [2.75, 3.05) is 18.8 Å². The van der Waals surface area contributed by atoms with E-state index in [1.54, 1.807) is 29.2 Å². The first kappa shape index (κ1) is 16.1. The van der Waals surface area contributed by atoms with Crippen LogP contribution in [0.25, 0.3) is 16.9 Å². The van der Waals surface area contributed by atoms with Gasteiger partial charge in [-0.25, -0.2) is 24.3 Å². The summed E-state index contributed by atoms with van der Waals surface area (Å²) in [6.07, 6.45) is 5.22. The molecular weight excluding hydrogens is 338 g/mol. The molecule has 3 N–H and O–H groups in total. The number of rotatable bonds is 3. The molecule has 1 aliphatic rings. The molecule has 10 nitrogen and oxygen atoms in total. The van der Waals surface area contributed by atoms with E-state index in [4.69, 9.17) is 15.6 Å². The van der Waals surface area contributed by atoms with Crippen LogP contribution in [0.2, 0.25) is 0 Å². The Labute approximate surface area is 148 Å². The van der Waals surface area contributed by atoms with Crippen molar-refractivity contribution in [2.24, 2.45) is 0 Å². The maximum absolute atomic E-state index is 11.0. The van der Waals surface area contributed by atoms with E-state index in [1.165, 1.54) is 4.90 Å². The standard InChI is InChI=1S/C16H17N7O3/c17-15-19-7-10(8-20-15)12-9-18-13-1-2-14(21-23(12)13)26-11-3-5-22(6-4-11)16(24)25/h1-2,7-9,11H,3-6H2,(H,24,25)(H2,17,19,20). The highest BCUT2D eigenvalue weighted by atomic mass is 16.5. The molecule has 4 heterocycles. The quantitative estimate of drug-likeness (QED) is 0.718. The molecule has 1 aliphatic heterocycles. The van der Waals surface area contributed by atoms with E-state index in [2.05, 4.69) is 20.1 Å². The summed E-state index contributed by atoms with van der Waals surface area (Å²) in [5, 5.41) is 13.5. The second-order valence-electron chi connectivity index (χ2n) is 6.00. The Morgan fingerprint density at radius 2 is 1.88 bits per heavy atom. The molecule has 0 atom stereocenters. The van der Waals surface area contributed by atoms with Gasteiger partial charge in [-0.1, -0.05) is 0 Å². The predicted molar refractivity (Wildman–Crippen MR) is 91.7 cm³/mol. The first-order valence-corrected chi connectivity index (χ1v) is 8.17. The summed E-state index contributed by atoms with van der Waals surface area (Å²) in [7, 11) is 0. The molecule has 134 valence electrons. The molecule has 0 aliphatic carbocycles. The van der Waals surface area contributed by atoms with Crippen LogP contribution in [0.15, 0.2) is 30.7 Å². The molecule has 1 fully saturated rings. The summed E-state index contributed by atoms with van der Waals surface area (Å²) in [6.45, 7) is 0.919. The number of aromatic nitrogens is 5. The minimum Gasteiger partial charge on any atom is -0.473 e. The van der Waals surface area contributed by atoms with Gasteiger partial charge in [0.25, 0.3) is 0 Å². The molecule has 0 saturated carbocycles. The molecule has 3 aromatic heterocycles. The third-order valence-corrected chi connectivity index (χ3v) is 4.31. The lowest BCUT2D eigenvalue weighted by atomic mass is 10.1. The number of nitrogens with two attached hydrogens (primary N) is 1. The van der Waals surface area contributed by atoms with Gasteiger partial charge in [-0.05, 0) is 6.07 Å². The third-order valence-electron chi connectivity index (χ3n) is 4.31. The number of carboxylic acid groups (broad SMARTS) is 1. The molecule has 0 radical (unpaired) electrons. The van der Waals surface area contributed by atoms with Crippen LogP contribution in [0.1, 0.15) is 12.8 Å². The zero-order valence-corrected chi connectivity index (χ0v) is 13.8. The smallest absolute Gasteiger partial charge is 0.407 e. The molecule has 1 amide bonds. The average Bonchev–Trinajstić information content (AvgIpc) is 3.06. The number of likely N-dealkylation sites (tertiary alicyclic amines) is 1. The van der Waals surface area contributed by atoms with Gasteiger partial charge in [0.05, 0.1) is 11.9 Å². The van der Waals surface area contributed by atoms with Gasteiger partial charge in [-0.3, -0.25) is 0 Å². The lowest BCUT2D eigenvalue weighted by Gasteiger charge is -2.29. The second kappa shape index (κ2) is 6.47. The minimum atomic E-state index is -0.892. The summed E-state index contributed by atoms with van der Waals surface area (Å²) in [5.41, 5.74) is 7.67. The lowest BCUT2D eigenvalue weighted by molar-refractivity contribution is 0.0864. The first-order valence-electron chi connectivity index (χ1n) is 8.17. The number of nitrogens with zero attached hydrogens (tertiary/aromatic N) is 6. The number of nitrogen functional groups attached to an aromatic ring is 1. The van der Waals surface area contributed by atoms with Gasteiger partial charge in [0.2, 0.25) is 11.8 Å². The molecule has 0 bridgehead atoms. The van der Waals surface area contributed by atoms with Crippen molar-refractivity contribution in [3.05, 3.63) is 30.7 Å². The van der Waals surface area contributed by atoms with Crippen molar-refractivity contribution in [3.63, 3.8) is 0 Å². The summed E-state index contributed by atoms with van der Waals surface area (Å²) in [5.74, 6) is 0.661. The van der Waals surface area contributed by atoms with Crippen LogP contribution >= 0.6 is 0 Å². The molecule has 3 aromatic rings. The van der Waals surface area contributed by atoms with Crippen LogP contribution < -0.4 is 10.5 Å². The Morgan fingerprint density at radius 3 is 2.58 bits per heavy atom. The third kappa shape index (κ3) is 3.08. The fourth-order valence-corrected chi connectivity index (χ4v) is 2.92. The number of imidazole rings is 1. The topological polar surface area (TPSA) is 132 Å². The van der Waals surface area contributed by atoms with Gasteiger partial charge in [0.1, 0.15) is 6.10 Å². The zero-order chi connectivity index (χ0) is 18.1. The molecule has 4 rings (SSSR count). The average molecular weight is 355 g/mol. The zero-order valence-electron chi connectivity index (χ0n) is 13.8. The Balaban J connectivity index is 1.55. The van der Waals surface area contributed by atoms with Crippen molar-refractivity contribution in [2.45, 2.75) is 18.9 Å². The second-order valence-corrected chi connectivity index (χ2v) is 6.00. The van der Waals surface area contributed by atoms with E-state index in [9.17, 15) is 4.79 Å². The SMILES string of the molecule is Nc1ncc(-c2cnc3ccc(OC4CCN(C(=O)O)CC4)nn23)cn1. The number of carbonyl (C=O) groups is 1. The Kier molecular flexibility index (Phi) is 3.99. The van der Waals surface area contributed by atoms with Crippen LogP contribution in [0.3, 0.4) is 0 Å². The Hall–Kier alpha value is -3.43. The number of anilines is 1. The normalized spacial score (nSPS) is 15.3. The number of ether oxygens (including phenoxy) is 1. The molecule has 0 aromatic carbocycles. The number of hydrogen-bond acceptors (Lipinski definition) is 7. The van der Waals surface area contributed by atoms with Crippen LogP contribution in [-0.4, -0.2) is 59.9 Å². The molecule has 10 heteroatoms. The van der Waals surface area contributed by atoms with Gasteiger partial charge in [-0.15, -0.1) is 5.10 Å². The summed E-state index contributed by atoms with van der Waals surface area (Å²) in [6, 6.07) is 3.57. The van der Waals surface area contributed by atoms with Gasteiger partial charge >= 0.3 is 6.09 Å². The molecule has 1 saturated heterocycles.